The van der Waals surface area contributed by atoms with Gasteiger partial charge in [0.05, 0.1) is 5.02 Å². The van der Waals surface area contributed by atoms with Gasteiger partial charge in [-0.2, -0.15) is 4.31 Å². The second-order valence-corrected chi connectivity index (χ2v) is 8.25. The van der Waals surface area contributed by atoms with Gasteiger partial charge in [-0.3, -0.25) is 0 Å². The Labute approximate surface area is 131 Å². The van der Waals surface area contributed by atoms with Crippen LogP contribution in [0.1, 0.15) is 37.7 Å². The maximum absolute atomic E-state index is 13.0. The number of benzene rings is 1. The van der Waals surface area contributed by atoms with Crippen molar-refractivity contribution in [1.29, 1.82) is 0 Å². The third kappa shape index (κ3) is 2.72. The highest BCUT2D eigenvalue weighted by molar-refractivity contribution is 7.89. The Balaban J connectivity index is 1.96. The Morgan fingerprint density at radius 3 is 2.71 bits per heavy atom. The van der Waals surface area contributed by atoms with Crippen molar-refractivity contribution in [2.24, 2.45) is 11.7 Å². The molecule has 1 saturated heterocycles. The highest BCUT2D eigenvalue weighted by Gasteiger charge is 2.41. The molecule has 2 atom stereocenters. The maximum Gasteiger partial charge on any atom is 0.244 e. The number of nitrogens with two attached hydrogens (primary N) is 1. The van der Waals surface area contributed by atoms with E-state index in [1.54, 1.807) is 22.5 Å². The fraction of sp³-hybridized carbons (Fsp3) is 0.600. The van der Waals surface area contributed by atoms with E-state index in [0.717, 1.165) is 37.7 Å². The predicted molar refractivity (Wildman–Crippen MR) is 83.6 cm³/mol. The van der Waals surface area contributed by atoms with Gasteiger partial charge in [-0.05, 0) is 49.3 Å². The Hall–Kier alpha value is -0.620. The molecule has 1 aliphatic heterocycles. The number of hydrogen-bond acceptors (Lipinski definition) is 3. The van der Waals surface area contributed by atoms with Crippen LogP contribution in [-0.4, -0.2) is 25.3 Å². The van der Waals surface area contributed by atoms with Crippen LogP contribution in [0.2, 0.25) is 5.02 Å². The quantitative estimate of drug-likeness (QED) is 0.928. The lowest BCUT2D eigenvalue weighted by molar-refractivity contribution is 0.202. The van der Waals surface area contributed by atoms with Crippen LogP contribution in [0.5, 0.6) is 0 Å². The third-order valence-corrected chi connectivity index (χ3v) is 7.17. The molecule has 1 aromatic carbocycles. The maximum atomic E-state index is 13.0. The lowest BCUT2D eigenvalue weighted by Crippen LogP contribution is -2.46. The van der Waals surface area contributed by atoms with Crippen LogP contribution in [0, 0.1) is 5.92 Å². The molecule has 1 aliphatic carbocycles. The fourth-order valence-corrected chi connectivity index (χ4v) is 6.01. The van der Waals surface area contributed by atoms with Gasteiger partial charge in [-0.25, -0.2) is 8.42 Å². The first-order valence-electron chi connectivity index (χ1n) is 7.54. The lowest BCUT2D eigenvalue weighted by atomic mass is 9.94. The van der Waals surface area contributed by atoms with Gasteiger partial charge in [0.2, 0.25) is 10.0 Å². The molecule has 2 N–H and O–H groups in total. The average molecular weight is 329 g/mol. The van der Waals surface area contributed by atoms with E-state index in [1.807, 2.05) is 0 Å². The molecule has 2 aliphatic rings. The normalized spacial score (nSPS) is 26.8. The van der Waals surface area contributed by atoms with E-state index in [9.17, 15) is 8.42 Å². The van der Waals surface area contributed by atoms with Crippen LogP contribution in [0.25, 0.3) is 0 Å². The summed E-state index contributed by atoms with van der Waals surface area (Å²) >= 11 is 6.19. The monoisotopic (exact) mass is 328 g/mol. The summed E-state index contributed by atoms with van der Waals surface area (Å²) in [5, 5.41) is 0.276. The Morgan fingerprint density at radius 2 is 2.00 bits per heavy atom. The average Bonchev–Trinajstić information content (AvgIpc) is 2.94. The molecular formula is C15H21ClN2O2S. The van der Waals surface area contributed by atoms with Gasteiger partial charge < -0.3 is 5.73 Å². The van der Waals surface area contributed by atoms with Gasteiger partial charge >= 0.3 is 0 Å². The van der Waals surface area contributed by atoms with Gasteiger partial charge in [0.15, 0.2) is 0 Å². The molecule has 0 spiro atoms. The zero-order valence-electron chi connectivity index (χ0n) is 12.0. The van der Waals surface area contributed by atoms with E-state index < -0.39 is 10.0 Å². The molecule has 1 saturated carbocycles. The Kier molecular flexibility index (Phi) is 4.28. The fourth-order valence-electron chi connectivity index (χ4n) is 3.71. The first-order chi connectivity index (χ1) is 10.0. The zero-order valence-corrected chi connectivity index (χ0v) is 13.5. The largest absolute Gasteiger partial charge is 0.326 e. The Bertz CT molecular complexity index is 633. The highest BCUT2D eigenvalue weighted by atomic mass is 35.5. The van der Waals surface area contributed by atoms with Crippen LogP contribution in [0.15, 0.2) is 23.1 Å². The molecule has 6 heteroatoms. The van der Waals surface area contributed by atoms with Crippen LogP contribution < -0.4 is 5.73 Å². The Morgan fingerprint density at radius 1 is 1.24 bits per heavy atom. The molecule has 2 unspecified atom stereocenters. The van der Waals surface area contributed by atoms with Gasteiger partial charge in [-0.1, -0.05) is 24.1 Å². The molecular weight excluding hydrogens is 308 g/mol. The molecule has 116 valence electrons. The van der Waals surface area contributed by atoms with Crippen molar-refractivity contribution in [3.05, 3.63) is 28.8 Å². The number of fused-ring (bicyclic) bond motifs is 1. The number of piperidine rings is 1. The summed E-state index contributed by atoms with van der Waals surface area (Å²) in [6, 6.07) is 5.16. The molecule has 21 heavy (non-hydrogen) atoms. The third-order valence-electron chi connectivity index (χ3n) is 4.76. The summed E-state index contributed by atoms with van der Waals surface area (Å²) in [5.41, 5.74) is 6.42. The van der Waals surface area contributed by atoms with E-state index in [0.29, 0.717) is 19.0 Å². The molecule has 0 bridgehead atoms. The number of hydrogen-bond donors (Lipinski definition) is 1. The van der Waals surface area contributed by atoms with Crippen molar-refractivity contribution in [3.8, 4) is 0 Å². The molecule has 0 amide bonds. The van der Waals surface area contributed by atoms with Gasteiger partial charge in [0.25, 0.3) is 0 Å². The lowest BCUT2D eigenvalue weighted by Gasteiger charge is -2.36. The van der Waals surface area contributed by atoms with Gasteiger partial charge in [-0.15, -0.1) is 0 Å². The van der Waals surface area contributed by atoms with Gasteiger partial charge in [0.1, 0.15) is 4.90 Å². The summed E-state index contributed by atoms with van der Waals surface area (Å²) in [7, 11) is -3.51. The predicted octanol–water partition coefficient (Wildman–Crippen LogP) is 2.75. The van der Waals surface area contributed by atoms with Crippen molar-refractivity contribution in [2.75, 3.05) is 6.54 Å². The minimum absolute atomic E-state index is 0.161. The second kappa shape index (κ2) is 5.88. The molecule has 3 rings (SSSR count). The molecule has 0 radical (unpaired) electrons. The van der Waals surface area contributed by atoms with E-state index >= 15 is 0 Å². The molecule has 2 fully saturated rings. The number of sulfonamides is 1. The van der Waals surface area contributed by atoms with Crippen LogP contribution in [0.4, 0.5) is 0 Å². The second-order valence-electron chi connectivity index (χ2n) is 5.99. The molecule has 1 heterocycles. The summed E-state index contributed by atoms with van der Waals surface area (Å²) < 4.78 is 27.6. The molecule has 4 nitrogen and oxygen atoms in total. The van der Waals surface area contributed by atoms with E-state index in [1.165, 1.54) is 0 Å². The molecule has 0 aromatic heterocycles. The summed E-state index contributed by atoms with van der Waals surface area (Å²) in [4.78, 5) is 0.217. The number of rotatable bonds is 3. The first kappa shape index (κ1) is 15.3. The topological polar surface area (TPSA) is 63.4 Å². The van der Waals surface area contributed by atoms with Crippen LogP contribution in [-0.2, 0) is 16.6 Å². The van der Waals surface area contributed by atoms with E-state index in [-0.39, 0.29) is 16.0 Å². The minimum atomic E-state index is -3.51. The highest BCUT2D eigenvalue weighted by Crippen LogP contribution is 2.40. The summed E-state index contributed by atoms with van der Waals surface area (Å²) in [6.45, 7) is 0.965. The smallest absolute Gasteiger partial charge is 0.244 e. The van der Waals surface area contributed by atoms with Crippen molar-refractivity contribution in [1.82, 2.24) is 4.31 Å². The number of halogens is 1. The zero-order chi connectivity index (χ0) is 15.0. The van der Waals surface area contributed by atoms with Crippen LogP contribution >= 0.6 is 11.6 Å². The van der Waals surface area contributed by atoms with Crippen molar-refractivity contribution < 1.29 is 8.42 Å². The van der Waals surface area contributed by atoms with Gasteiger partial charge in [0, 0.05) is 19.1 Å². The van der Waals surface area contributed by atoms with Crippen molar-refractivity contribution in [3.63, 3.8) is 0 Å². The molecule has 1 aromatic rings. The van der Waals surface area contributed by atoms with Crippen molar-refractivity contribution in [2.45, 2.75) is 49.6 Å². The van der Waals surface area contributed by atoms with Crippen molar-refractivity contribution >= 4 is 21.6 Å². The SMILES string of the molecule is NCc1ccc(S(=O)(=O)N2CCCC3CCCC32)c(Cl)c1. The van der Waals surface area contributed by atoms with E-state index in [2.05, 4.69) is 0 Å². The van der Waals surface area contributed by atoms with Crippen LogP contribution in [0.3, 0.4) is 0 Å². The minimum Gasteiger partial charge on any atom is -0.326 e. The summed E-state index contributed by atoms with van der Waals surface area (Å²) in [6.07, 6.45) is 5.34. The summed E-state index contributed by atoms with van der Waals surface area (Å²) in [5.74, 6) is 0.524. The first-order valence-corrected chi connectivity index (χ1v) is 9.36. The van der Waals surface area contributed by atoms with E-state index in [4.69, 9.17) is 17.3 Å². The standard InChI is InChI=1S/C15H21ClN2O2S/c16-13-9-11(10-17)6-7-15(13)21(19,20)18-8-2-4-12-3-1-5-14(12)18/h6-7,9,12,14H,1-5,8,10,17H2. The number of nitrogens with zero attached hydrogens (tertiary/aromatic N) is 1.